The van der Waals surface area contributed by atoms with E-state index in [1.54, 1.807) is 19.4 Å². The predicted molar refractivity (Wildman–Crippen MR) is 104 cm³/mol. The van der Waals surface area contributed by atoms with E-state index in [1.165, 1.54) is 0 Å². The third-order valence-corrected chi connectivity index (χ3v) is 5.13. The van der Waals surface area contributed by atoms with Crippen LogP contribution in [-0.4, -0.2) is 46.9 Å². The van der Waals surface area contributed by atoms with Crippen molar-refractivity contribution >= 4 is 16.9 Å². The highest BCUT2D eigenvalue weighted by molar-refractivity contribution is 5.92. The quantitative estimate of drug-likeness (QED) is 0.736. The molecule has 1 fully saturated rings. The predicted octanol–water partition coefficient (Wildman–Crippen LogP) is 2.20. The van der Waals surface area contributed by atoms with Gasteiger partial charge in [0.05, 0.1) is 23.7 Å². The number of piperidine rings is 1. The van der Waals surface area contributed by atoms with Crippen LogP contribution in [0.15, 0.2) is 41.3 Å². The Bertz CT molecular complexity index is 992. The lowest BCUT2D eigenvalue weighted by Gasteiger charge is -2.31. The molecular formula is C20H22N4O3. The molecule has 3 aromatic rings. The van der Waals surface area contributed by atoms with E-state index in [0.29, 0.717) is 28.5 Å². The van der Waals surface area contributed by atoms with Gasteiger partial charge in [-0.25, -0.2) is 9.97 Å². The minimum atomic E-state index is -0.205. The second-order valence-electron chi connectivity index (χ2n) is 6.78. The van der Waals surface area contributed by atoms with E-state index in [9.17, 15) is 9.90 Å². The smallest absolute Gasteiger partial charge is 0.259 e. The number of aromatic nitrogens is 3. The summed E-state index contributed by atoms with van der Waals surface area (Å²) in [6, 6.07) is 9.30. The molecule has 0 radical (unpaired) electrons. The number of hydrogen-bond donors (Lipinski definition) is 2. The Hall–Kier alpha value is -2.93. The Morgan fingerprint density at radius 2 is 1.93 bits per heavy atom. The zero-order valence-corrected chi connectivity index (χ0v) is 15.2. The molecule has 7 nitrogen and oxygen atoms in total. The zero-order valence-electron chi connectivity index (χ0n) is 15.2. The Balaban J connectivity index is 1.82. The van der Waals surface area contributed by atoms with Crippen LogP contribution in [0.25, 0.3) is 22.2 Å². The fraction of sp³-hybridized carbons (Fsp3) is 0.350. The number of fused-ring (bicyclic) bond motifs is 1. The van der Waals surface area contributed by atoms with Gasteiger partial charge in [-0.1, -0.05) is 0 Å². The SMILES string of the molecule is COc1ccc(-c2nc(N3CCC(CO)CC3)nc3cc[nH]c(=O)c23)cc1. The summed E-state index contributed by atoms with van der Waals surface area (Å²) in [6.45, 7) is 1.81. The summed E-state index contributed by atoms with van der Waals surface area (Å²) in [6.07, 6.45) is 3.42. The van der Waals surface area contributed by atoms with Gasteiger partial charge in [-0.3, -0.25) is 4.79 Å². The van der Waals surface area contributed by atoms with E-state index in [1.807, 2.05) is 24.3 Å². The molecule has 0 aliphatic carbocycles. The van der Waals surface area contributed by atoms with Crippen LogP contribution in [0.1, 0.15) is 12.8 Å². The van der Waals surface area contributed by atoms with Gasteiger partial charge in [0, 0.05) is 31.5 Å². The summed E-state index contributed by atoms with van der Waals surface area (Å²) in [5.74, 6) is 1.71. The summed E-state index contributed by atoms with van der Waals surface area (Å²) in [5.41, 5.74) is 1.87. The number of benzene rings is 1. The molecule has 2 aromatic heterocycles. The van der Waals surface area contributed by atoms with Crippen LogP contribution in [0, 0.1) is 5.92 Å². The molecule has 1 aliphatic rings. The number of aliphatic hydroxyl groups excluding tert-OH is 1. The lowest BCUT2D eigenvalue weighted by molar-refractivity contribution is 0.202. The standard InChI is InChI=1S/C20H22N4O3/c1-27-15-4-2-14(3-5-15)18-17-16(6-9-21-19(17)26)22-20(23-18)24-10-7-13(12-25)8-11-24/h2-6,9,13,25H,7-8,10-12H2,1H3,(H,21,26). The van der Waals surface area contributed by atoms with Gasteiger partial charge in [0.15, 0.2) is 0 Å². The first-order valence-electron chi connectivity index (χ1n) is 9.09. The number of aliphatic hydroxyl groups is 1. The van der Waals surface area contributed by atoms with Gasteiger partial charge in [-0.15, -0.1) is 0 Å². The van der Waals surface area contributed by atoms with Crippen LogP contribution in [0.2, 0.25) is 0 Å². The normalized spacial score (nSPS) is 15.3. The van der Waals surface area contributed by atoms with Crippen molar-refractivity contribution in [3.63, 3.8) is 0 Å². The first-order valence-corrected chi connectivity index (χ1v) is 9.09. The highest BCUT2D eigenvalue weighted by Gasteiger charge is 2.22. The number of hydrogen-bond acceptors (Lipinski definition) is 6. The lowest BCUT2D eigenvalue weighted by atomic mass is 9.98. The molecule has 0 unspecified atom stereocenters. The van der Waals surface area contributed by atoms with Crippen molar-refractivity contribution in [3.05, 3.63) is 46.9 Å². The van der Waals surface area contributed by atoms with Gasteiger partial charge >= 0.3 is 0 Å². The molecule has 2 N–H and O–H groups in total. The van der Waals surface area contributed by atoms with Crippen molar-refractivity contribution < 1.29 is 9.84 Å². The molecule has 3 heterocycles. The largest absolute Gasteiger partial charge is 0.497 e. The highest BCUT2D eigenvalue weighted by atomic mass is 16.5. The van der Waals surface area contributed by atoms with Gasteiger partial charge in [-0.2, -0.15) is 0 Å². The summed E-state index contributed by atoms with van der Waals surface area (Å²) in [4.78, 5) is 26.7. The zero-order chi connectivity index (χ0) is 18.8. The van der Waals surface area contributed by atoms with Crippen LogP contribution in [0.3, 0.4) is 0 Å². The van der Waals surface area contributed by atoms with E-state index >= 15 is 0 Å². The molecule has 27 heavy (non-hydrogen) atoms. The van der Waals surface area contributed by atoms with Crippen molar-refractivity contribution in [1.29, 1.82) is 0 Å². The van der Waals surface area contributed by atoms with Crippen LogP contribution < -0.4 is 15.2 Å². The van der Waals surface area contributed by atoms with Crippen molar-refractivity contribution in [2.45, 2.75) is 12.8 Å². The minimum absolute atomic E-state index is 0.205. The summed E-state index contributed by atoms with van der Waals surface area (Å²) < 4.78 is 5.23. The molecular weight excluding hydrogens is 344 g/mol. The summed E-state index contributed by atoms with van der Waals surface area (Å²) >= 11 is 0. The third-order valence-electron chi connectivity index (χ3n) is 5.13. The minimum Gasteiger partial charge on any atom is -0.497 e. The van der Waals surface area contributed by atoms with Gasteiger partial charge in [0.1, 0.15) is 5.75 Å². The number of ether oxygens (including phenoxy) is 1. The Morgan fingerprint density at radius 3 is 2.59 bits per heavy atom. The average Bonchev–Trinajstić information content (AvgIpc) is 2.73. The second kappa shape index (κ2) is 7.36. The molecule has 0 atom stereocenters. The van der Waals surface area contributed by atoms with Crippen LogP contribution in [0.5, 0.6) is 5.75 Å². The van der Waals surface area contributed by atoms with Gasteiger partial charge in [-0.05, 0) is 49.1 Å². The highest BCUT2D eigenvalue weighted by Crippen LogP contribution is 2.29. The molecule has 7 heteroatoms. The maximum Gasteiger partial charge on any atom is 0.259 e. The molecule has 4 rings (SSSR count). The van der Waals surface area contributed by atoms with E-state index in [2.05, 4.69) is 14.9 Å². The number of pyridine rings is 1. The molecule has 1 aromatic carbocycles. The van der Waals surface area contributed by atoms with E-state index in [0.717, 1.165) is 37.2 Å². The number of methoxy groups -OCH3 is 1. The van der Waals surface area contributed by atoms with Crippen molar-refractivity contribution in [1.82, 2.24) is 15.0 Å². The fourth-order valence-electron chi connectivity index (χ4n) is 3.49. The van der Waals surface area contributed by atoms with Crippen LogP contribution >= 0.6 is 0 Å². The maximum atomic E-state index is 12.5. The number of nitrogens with zero attached hydrogens (tertiary/aromatic N) is 3. The third kappa shape index (κ3) is 3.38. The number of anilines is 1. The van der Waals surface area contributed by atoms with E-state index < -0.39 is 0 Å². The van der Waals surface area contributed by atoms with Crippen molar-refractivity contribution in [2.24, 2.45) is 5.92 Å². The lowest BCUT2D eigenvalue weighted by Crippen LogP contribution is -2.36. The number of H-pyrrole nitrogens is 1. The summed E-state index contributed by atoms with van der Waals surface area (Å²) in [5, 5.41) is 9.84. The summed E-state index contributed by atoms with van der Waals surface area (Å²) in [7, 11) is 1.62. The Labute approximate surface area is 156 Å². The second-order valence-corrected chi connectivity index (χ2v) is 6.78. The van der Waals surface area contributed by atoms with Crippen LogP contribution in [0.4, 0.5) is 5.95 Å². The maximum absolute atomic E-state index is 12.5. The Morgan fingerprint density at radius 1 is 1.19 bits per heavy atom. The number of aromatic amines is 1. The Kier molecular flexibility index (Phi) is 4.77. The molecule has 0 bridgehead atoms. The van der Waals surface area contributed by atoms with E-state index in [4.69, 9.17) is 9.72 Å². The molecule has 1 aliphatic heterocycles. The molecule has 140 valence electrons. The monoisotopic (exact) mass is 366 g/mol. The number of rotatable bonds is 4. The van der Waals surface area contributed by atoms with Crippen LogP contribution in [-0.2, 0) is 0 Å². The molecule has 1 saturated heterocycles. The molecule has 0 saturated carbocycles. The van der Waals surface area contributed by atoms with Crippen molar-refractivity contribution in [3.8, 4) is 17.0 Å². The first-order chi connectivity index (χ1) is 13.2. The number of nitrogens with one attached hydrogen (secondary N) is 1. The van der Waals surface area contributed by atoms with Gasteiger partial charge in [0.25, 0.3) is 5.56 Å². The van der Waals surface area contributed by atoms with E-state index in [-0.39, 0.29) is 12.2 Å². The molecule has 0 spiro atoms. The van der Waals surface area contributed by atoms with Crippen molar-refractivity contribution in [2.75, 3.05) is 31.7 Å². The average molecular weight is 366 g/mol. The topological polar surface area (TPSA) is 91.3 Å². The fourth-order valence-corrected chi connectivity index (χ4v) is 3.49. The van der Waals surface area contributed by atoms with Gasteiger partial charge < -0.3 is 19.7 Å². The van der Waals surface area contributed by atoms with Gasteiger partial charge in [0.2, 0.25) is 5.95 Å². The first kappa shape index (κ1) is 17.5. The molecule has 0 amide bonds.